The maximum Gasteiger partial charge on any atom is 0.222 e. The average molecular weight is 560 g/mol. The summed E-state index contributed by atoms with van der Waals surface area (Å²) in [7, 11) is 0. The molecule has 0 saturated carbocycles. The number of fused-ring (bicyclic) bond motifs is 2. The molecule has 0 atom stereocenters. The molecule has 6 heterocycles. The van der Waals surface area contributed by atoms with Gasteiger partial charge in [0.15, 0.2) is 11.6 Å². The molecule has 0 radical (unpaired) electrons. The number of nitrogen functional groups attached to an aromatic ring is 1. The minimum atomic E-state index is -1.10. The second-order valence-electron chi connectivity index (χ2n) is 10.3. The maximum atomic E-state index is 10.3. The lowest BCUT2D eigenvalue weighted by atomic mass is 10.0. The number of hydrogen-bond acceptors (Lipinski definition) is 10. The van der Waals surface area contributed by atoms with Gasteiger partial charge in [-0.05, 0) is 63.2 Å². The van der Waals surface area contributed by atoms with Gasteiger partial charge in [-0.1, -0.05) is 11.3 Å². The number of aryl methyl sites for hydroxylation is 1. The molecule has 12 nitrogen and oxygen atoms in total. The number of aromatic nitrogens is 8. The topological polar surface area (TPSA) is 155 Å². The molecule has 1 aromatic carbocycles. The number of ether oxygens (including phenoxy) is 1. The molecule has 208 valence electrons. The molecule has 0 saturated heterocycles. The zero-order valence-electron chi connectivity index (χ0n) is 22.9. The van der Waals surface area contributed by atoms with Gasteiger partial charge in [0, 0.05) is 35.8 Å². The summed E-state index contributed by atoms with van der Waals surface area (Å²) in [5.41, 5.74) is 10.6. The van der Waals surface area contributed by atoms with Crippen molar-refractivity contribution in [1.82, 2.24) is 39.3 Å². The highest BCUT2D eigenvalue weighted by molar-refractivity contribution is 5.87. The van der Waals surface area contributed by atoms with Gasteiger partial charge >= 0.3 is 0 Å². The van der Waals surface area contributed by atoms with E-state index in [9.17, 15) is 5.11 Å². The Hall–Kier alpha value is -5.62. The van der Waals surface area contributed by atoms with Gasteiger partial charge < -0.3 is 24.4 Å². The molecule has 7 rings (SSSR count). The first-order valence-electron chi connectivity index (χ1n) is 13.1. The smallest absolute Gasteiger partial charge is 0.222 e. The van der Waals surface area contributed by atoms with Gasteiger partial charge in [0.25, 0.3) is 0 Å². The summed E-state index contributed by atoms with van der Waals surface area (Å²) in [4.78, 5) is 18.1. The predicted octanol–water partition coefficient (Wildman–Crippen LogP) is 5.09. The van der Waals surface area contributed by atoms with E-state index in [1.807, 2.05) is 48.0 Å². The fourth-order valence-corrected chi connectivity index (χ4v) is 4.78. The van der Waals surface area contributed by atoms with Crippen molar-refractivity contribution in [1.29, 1.82) is 0 Å². The first-order valence-corrected chi connectivity index (χ1v) is 13.1. The molecule has 0 fully saturated rings. The summed E-state index contributed by atoms with van der Waals surface area (Å²) in [6, 6.07) is 18.1. The number of furan rings is 1. The number of anilines is 1. The highest BCUT2D eigenvalue weighted by Crippen LogP contribution is 2.37. The van der Waals surface area contributed by atoms with Crippen LogP contribution in [-0.4, -0.2) is 44.4 Å². The minimum Gasteiger partial charge on any atom is -0.463 e. The molecule has 42 heavy (non-hydrogen) atoms. The molecule has 0 amide bonds. The van der Waals surface area contributed by atoms with Crippen LogP contribution in [0, 0.1) is 6.92 Å². The molecule has 0 bridgehead atoms. The number of nitrogens with two attached hydrogens (primary N) is 1. The summed E-state index contributed by atoms with van der Waals surface area (Å²) >= 11 is 0. The van der Waals surface area contributed by atoms with Gasteiger partial charge in [0.2, 0.25) is 11.8 Å². The summed E-state index contributed by atoms with van der Waals surface area (Å²) in [6.45, 7) is 5.33. The van der Waals surface area contributed by atoms with Crippen LogP contribution in [0.4, 0.5) is 5.95 Å². The van der Waals surface area contributed by atoms with Gasteiger partial charge in [0.05, 0.1) is 23.0 Å². The SMILES string of the molecule is Cc1cnc2ccc(-c3c(-c4ccco4)nc(N)nc3-n3nnc4cc(Oc5cccc(C(C)(C)O)n5)ccc43)cn12. The van der Waals surface area contributed by atoms with E-state index in [0.717, 1.165) is 16.9 Å². The Kier molecular flexibility index (Phi) is 5.73. The van der Waals surface area contributed by atoms with E-state index < -0.39 is 5.60 Å². The number of rotatable bonds is 6. The average Bonchev–Trinajstić information content (AvgIpc) is 3.73. The highest BCUT2D eigenvalue weighted by Gasteiger charge is 2.23. The molecule has 3 N–H and O–H groups in total. The van der Waals surface area contributed by atoms with Crippen LogP contribution in [0.1, 0.15) is 25.2 Å². The van der Waals surface area contributed by atoms with Crippen molar-refractivity contribution in [2.75, 3.05) is 5.73 Å². The van der Waals surface area contributed by atoms with Crippen LogP contribution < -0.4 is 10.5 Å². The third kappa shape index (κ3) is 4.39. The Labute approximate surface area is 239 Å². The van der Waals surface area contributed by atoms with Gasteiger partial charge in [-0.15, -0.1) is 5.10 Å². The third-order valence-electron chi connectivity index (χ3n) is 6.83. The second-order valence-corrected chi connectivity index (χ2v) is 10.3. The Morgan fingerprint density at radius 1 is 1.00 bits per heavy atom. The summed E-state index contributed by atoms with van der Waals surface area (Å²) in [5.74, 6) is 1.88. The summed E-state index contributed by atoms with van der Waals surface area (Å²) < 4.78 is 15.4. The molecule has 0 aliphatic heterocycles. The number of imidazole rings is 1. The third-order valence-corrected chi connectivity index (χ3v) is 6.83. The predicted molar refractivity (Wildman–Crippen MR) is 155 cm³/mol. The zero-order valence-corrected chi connectivity index (χ0v) is 22.9. The van der Waals surface area contributed by atoms with Crippen LogP contribution in [0.25, 0.3) is 45.1 Å². The monoisotopic (exact) mass is 559 g/mol. The Morgan fingerprint density at radius 3 is 2.69 bits per heavy atom. The van der Waals surface area contributed by atoms with Crippen LogP contribution in [0.5, 0.6) is 11.6 Å². The first-order chi connectivity index (χ1) is 20.2. The molecule has 7 aromatic rings. The van der Waals surface area contributed by atoms with Crippen LogP contribution in [0.15, 0.2) is 83.7 Å². The number of aliphatic hydroxyl groups is 1. The standard InChI is InChI=1S/C30H25N9O3/c1-17-15-32-24-12-9-18(16-38(17)24)26-27(22-6-5-13-41-22)34-29(31)35-28(26)39-21-11-10-19(14-20(21)36-37-39)42-25-8-4-7-23(33-25)30(2,3)40/h4-16,40H,1-3H3,(H2,31,34,35). The highest BCUT2D eigenvalue weighted by atomic mass is 16.5. The van der Waals surface area contributed by atoms with Crippen molar-refractivity contribution in [3.8, 4) is 40.0 Å². The van der Waals surface area contributed by atoms with Gasteiger partial charge in [-0.3, -0.25) is 0 Å². The van der Waals surface area contributed by atoms with E-state index in [1.165, 1.54) is 0 Å². The van der Waals surface area contributed by atoms with Gasteiger partial charge in [-0.25, -0.2) is 15.0 Å². The molecular formula is C30H25N9O3. The number of nitrogens with zero attached hydrogens (tertiary/aromatic N) is 8. The van der Waals surface area contributed by atoms with Crippen LogP contribution >= 0.6 is 0 Å². The summed E-state index contributed by atoms with van der Waals surface area (Å²) in [6.07, 6.45) is 5.37. The van der Waals surface area contributed by atoms with Crippen LogP contribution in [-0.2, 0) is 5.60 Å². The Morgan fingerprint density at radius 2 is 1.88 bits per heavy atom. The van der Waals surface area contributed by atoms with Crippen molar-refractivity contribution < 1.29 is 14.3 Å². The maximum absolute atomic E-state index is 10.3. The number of hydrogen-bond donors (Lipinski definition) is 2. The minimum absolute atomic E-state index is 0.0569. The Balaban J connectivity index is 1.36. The largest absolute Gasteiger partial charge is 0.463 e. The lowest BCUT2D eigenvalue weighted by molar-refractivity contribution is 0.0733. The zero-order chi connectivity index (χ0) is 29.0. The number of benzene rings is 1. The molecule has 12 heteroatoms. The Bertz CT molecular complexity index is 2090. The van der Waals surface area contributed by atoms with E-state index in [4.69, 9.17) is 14.9 Å². The van der Waals surface area contributed by atoms with E-state index >= 15 is 0 Å². The van der Waals surface area contributed by atoms with Crippen molar-refractivity contribution in [3.05, 3.63) is 90.7 Å². The normalized spacial score (nSPS) is 11.9. The van der Waals surface area contributed by atoms with Gasteiger partial charge in [-0.2, -0.15) is 9.67 Å². The second kappa shape index (κ2) is 9.49. The van der Waals surface area contributed by atoms with Crippen molar-refractivity contribution in [3.63, 3.8) is 0 Å². The van der Waals surface area contributed by atoms with Crippen molar-refractivity contribution >= 4 is 22.6 Å². The molecule has 0 aliphatic carbocycles. The van der Waals surface area contributed by atoms with E-state index in [1.54, 1.807) is 61.2 Å². The lowest BCUT2D eigenvalue weighted by Gasteiger charge is -2.17. The molecule has 0 unspecified atom stereocenters. The molecule has 0 aliphatic rings. The van der Waals surface area contributed by atoms with Crippen molar-refractivity contribution in [2.45, 2.75) is 26.4 Å². The van der Waals surface area contributed by atoms with E-state index in [-0.39, 0.29) is 5.95 Å². The molecule has 0 spiro atoms. The van der Waals surface area contributed by atoms with E-state index in [0.29, 0.717) is 51.2 Å². The first kappa shape index (κ1) is 25.4. The fourth-order valence-electron chi connectivity index (χ4n) is 4.78. The van der Waals surface area contributed by atoms with E-state index in [2.05, 4.69) is 30.2 Å². The lowest BCUT2D eigenvalue weighted by Crippen LogP contribution is -2.17. The van der Waals surface area contributed by atoms with Crippen LogP contribution in [0.3, 0.4) is 0 Å². The molecule has 6 aromatic heterocycles. The quantitative estimate of drug-likeness (QED) is 0.281. The summed E-state index contributed by atoms with van der Waals surface area (Å²) in [5, 5.41) is 19.2. The fraction of sp³-hybridized carbons (Fsp3) is 0.133. The van der Waals surface area contributed by atoms with Crippen LogP contribution in [0.2, 0.25) is 0 Å². The van der Waals surface area contributed by atoms with Crippen molar-refractivity contribution in [2.24, 2.45) is 0 Å². The number of pyridine rings is 2. The molecular weight excluding hydrogens is 534 g/mol. The van der Waals surface area contributed by atoms with Gasteiger partial charge in [0.1, 0.15) is 28.2 Å².